The maximum absolute atomic E-state index is 14.3. The van der Waals surface area contributed by atoms with Crippen molar-refractivity contribution in [1.82, 2.24) is 14.5 Å². The van der Waals surface area contributed by atoms with Crippen LogP contribution in [0, 0.1) is 17.2 Å². The molecule has 3 N–H and O–H groups in total. The second-order valence-electron chi connectivity index (χ2n) is 15.0. The molecule has 0 bridgehead atoms. The molecule has 5 rings (SSSR count). The van der Waals surface area contributed by atoms with Crippen LogP contribution in [0.5, 0.6) is 0 Å². The van der Waals surface area contributed by atoms with Crippen LogP contribution in [0.1, 0.15) is 51.2 Å². The summed E-state index contributed by atoms with van der Waals surface area (Å²) in [7, 11) is -4.46. The summed E-state index contributed by atoms with van der Waals surface area (Å²) < 4.78 is 65.4. The molecule has 1 saturated carbocycles. The van der Waals surface area contributed by atoms with Crippen molar-refractivity contribution >= 4 is 51.9 Å². The van der Waals surface area contributed by atoms with Gasteiger partial charge in [-0.2, -0.15) is 0 Å². The molecule has 0 aromatic heterocycles. The first-order chi connectivity index (χ1) is 27.4. The summed E-state index contributed by atoms with van der Waals surface area (Å²) in [5.74, 6) is -3.77. The topological polar surface area (TPSA) is 220 Å². The van der Waals surface area contributed by atoms with E-state index in [0.717, 1.165) is 11.1 Å². The number of rotatable bonds is 17. The van der Waals surface area contributed by atoms with Gasteiger partial charge in [-0.1, -0.05) is 30.3 Å². The predicted molar refractivity (Wildman–Crippen MR) is 206 cm³/mol. The van der Waals surface area contributed by atoms with Crippen LogP contribution < -0.4 is 10.0 Å². The molecular weight excluding hydrogens is 782 g/mol. The zero-order chi connectivity index (χ0) is 42.3. The number of nitrogens with one attached hydrogen (secondary N) is 2. The first kappa shape index (κ1) is 43.7. The molecule has 0 unspecified atom stereocenters. The number of benzene rings is 2. The molecule has 4 amide bonds. The highest BCUT2D eigenvalue weighted by Gasteiger charge is 2.59. The van der Waals surface area contributed by atoms with Crippen LogP contribution in [-0.4, -0.2) is 117 Å². The number of carbonyl (C=O) groups is 5. The van der Waals surface area contributed by atoms with Gasteiger partial charge in [-0.25, -0.2) is 32.1 Å². The smallest absolute Gasteiger partial charge is 0.411 e. The SMILES string of the molecule is C=C[C@@H]1C[C@]1(C=NC(=O)[C@@H]1C[C@@H](OC(=O)N2Cc3cccc(F)c3C2)CN1C(=O)OC(C)(C)C)C(=O)NS(=O)(=O)c1ccccc1NCCOCCOCCC(=O)O. The van der Waals surface area contributed by atoms with E-state index in [-0.39, 0.29) is 82.5 Å². The number of nitrogens with zero attached hydrogens (tertiary/aromatic N) is 3. The van der Waals surface area contributed by atoms with Crippen LogP contribution in [0.15, 0.2) is 65.0 Å². The van der Waals surface area contributed by atoms with E-state index in [1.54, 1.807) is 39.0 Å². The van der Waals surface area contributed by atoms with Crippen molar-refractivity contribution < 1.29 is 60.8 Å². The Labute approximate surface area is 335 Å². The summed E-state index contributed by atoms with van der Waals surface area (Å²) in [5.41, 5.74) is -1.27. The fourth-order valence-corrected chi connectivity index (χ4v) is 7.79. The van der Waals surface area contributed by atoms with Crippen LogP contribution in [-0.2, 0) is 56.4 Å². The van der Waals surface area contributed by atoms with Crippen LogP contribution in [0.25, 0.3) is 0 Å². The number of hydrogen-bond donors (Lipinski definition) is 3. The first-order valence-electron chi connectivity index (χ1n) is 18.6. The third kappa shape index (κ3) is 11.0. The Morgan fingerprint density at radius 1 is 1.02 bits per heavy atom. The van der Waals surface area contributed by atoms with Crippen LogP contribution >= 0.6 is 0 Å². The normalized spacial score (nSPS) is 21.3. The summed E-state index contributed by atoms with van der Waals surface area (Å²) >= 11 is 0. The zero-order valence-electron chi connectivity index (χ0n) is 32.5. The second kappa shape index (κ2) is 18.5. The molecule has 3 aliphatic rings. The van der Waals surface area contributed by atoms with Gasteiger partial charge in [0, 0.05) is 31.3 Å². The quantitative estimate of drug-likeness (QED) is 0.117. The molecule has 19 heteroatoms. The van der Waals surface area contributed by atoms with E-state index in [1.165, 1.54) is 35.2 Å². The minimum atomic E-state index is -4.46. The fourth-order valence-electron chi connectivity index (χ4n) is 6.56. The first-order valence-corrected chi connectivity index (χ1v) is 20.1. The number of ether oxygens (including phenoxy) is 4. The fraction of sp³-hybridized carbons (Fsp3) is 0.487. The Morgan fingerprint density at radius 2 is 1.74 bits per heavy atom. The van der Waals surface area contributed by atoms with E-state index in [9.17, 15) is 36.8 Å². The summed E-state index contributed by atoms with van der Waals surface area (Å²) in [6, 6.07) is 9.23. The molecule has 4 atom stereocenters. The van der Waals surface area contributed by atoms with Gasteiger partial charge in [0.2, 0.25) is 5.91 Å². The number of fused-ring (bicyclic) bond motifs is 1. The van der Waals surface area contributed by atoms with Gasteiger partial charge in [0.1, 0.15) is 28.5 Å². The Hall–Kier alpha value is -5.40. The molecule has 2 aromatic carbocycles. The number of hydrogen-bond acceptors (Lipinski definition) is 12. The Kier molecular flexibility index (Phi) is 13.9. The average molecular weight is 830 g/mol. The maximum atomic E-state index is 14.3. The van der Waals surface area contributed by atoms with Crippen molar-refractivity contribution in [2.24, 2.45) is 16.3 Å². The third-order valence-electron chi connectivity index (χ3n) is 9.61. The van der Waals surface area contributed by atoms with E-state index in [1.807, 2.05) is 0 Å². The molecule has 17 nitrogen and oxygen atoms in total. The number of carboxylic acid groups (broad SMARTS) is 1. The number of sulfonamides is 1. The third-order valence-corrected chi connectivity index (χ3v) is 11.0. The molecule has 2 aliphatic heterocycles. The van der Waals surface area contributed by atoms with Gasteiger partial charge < -0.3 is 29.4 Å². The largest absolute Gasteiger partial charge is 0.481 e. The van der Waals surface area contributed by atoms with Gasteiger partial charge in [0.25, 0.3) is 15.9 Å². The van der Waals surface area contributed by atoms with E-state index in [0.29, 0.717) is 11.1 Å². The lowest BCUT2D eigenvalue weighted by atomic mass is 10.0. The van der Waals surface area contributed by atoms with Crippen molar-refractivity contribution in [2.45, 2.75) is 75.8 Å². The number of carboxylic acids is 1. The number of aliphatic carboxylic acids is 1. The highest BCUT2D eigenvalue weighted by Crippen LogP contribution is 2.52. The predicted octanol–water partition coefficient (Wildman–Crippen LogP) is 3.87. The monoisotopic (exact) mass is 829 g/mol. The molecule has 1 saturated heterocycles. The van der Waals surface area contributed by atoms with Crippen molar-refractivity contribution in [3.05, 3.63) is 72.1 Å². The Bertz CT molecular complexity index is 2040. The highest BCUT2D eigenvalue weighted by molar-refractivity contribution is 7.90. The number of amides is 4. The molecular formula is C39H48FN5O12S. The van der Waals surface area contributed by atoms with Crippen molar-refractivity contribution in [1.29, 1.82) is 0 Å². The standard InChI is InChI=1S/C39H48FN5O12S/c1-5-26-20-39(26,35(49)43-58(52,53)32-12-7-6-11-30(32)41-14-16-55-18-17-54-15-13-33(46)47)24-42-34(48)31-19-27(22-45(31)37(51)57-38(2,3)4)56-36(50)44-21-25-9-8-10-29(40)28(25)23-44/h5-12,24,26-27,31,41H,1,13-23H2,2-4H3,(H,43,49)(H,46,47)/t26-,27-,31+,39-/m1/s1. The van der Waals surface area contributed by atoms with E-state index in [4.69, 9.17) is 24.1 Å². The molecule has 0 spiro atoms. The number of aliphatic imine (C=N–C) groups is 1. The van der Waals surface area contributed by atoms with Crippen molar-refractivity contribution in [3.63, 3.8) is 0 Å². The number of carbonyl (C=O) groups excluding carboxylic acids is 4. The molecule has 0 radical (unpaired) electrons. The number of likely N-dealkylation sites (tertiary alicyclic amines) is 1. The molecule has 314 valence electrons. The molecule has 58 heavy (non-hydrogen) atoms. The van der Waals surface area contributed by atoms with Gasteiger partial charge >= 0.3 is 18.2 Å². The van der Waals surface area contributed by atoms with Crippen LogP contribution in [0.2, 0.25) is 0 Å². The number of allylic oxidation sites excluding steroid dienone is 1. The van der Waals surface area contributed by atoms with Gasteiger partial charge in [-0.05, 0) is 56.9 Å². The number of anilines is 1. The number of halogens is 1. The lowest BCUT2D eigenvalue weighted by Gasteiger charge is -2.27. The van der Waals surface area contributed by atoms with E-state index < -0.39 is 74.9 Å². The second-order valence-corrected chi connectivity index (χ2v) is 16.7. The van der Waals surface area contributed by atoms with Gasteiger partial charge in [-0.3, -0.25) is 24.2 Å². The van der Waals surface area contributed by atoms with E-state index >= 15 is 0 Å². The van der Waals surface area contributed by atoms with E-state index in [2.05, 4.69) is 21.6 Å². The molecule has 2 aromatic rings. The number of para-hydroxylation sites is 1. The van der Waals surface area contributed by atoms with Gasteiger partial charge in [-0.15, -0.1) is 6.58 Å². The average Bonchev–Trinajstić information content (AvgIpc) is 3.45. The van der Waals surface area contributed by atoms with Crippen LogP contribution in [0.3, 0.4) is 0 Å². The summed E-state index contributed by atoms with van der Waals surface area (Å²) in [6.07, 6.45) is -0.210. The zero-order valence-corrected chi connectivity index (χ0v) is 33.3. The lowest BCUT2D eigenvalue weighted by Crippen LogP contribution is -2.43. The molecule has 1 aliphatic carbocycles. The summed E-state index contributed by atoms with van der Waals surface area (Å²) in [6.45, 7) is 9.38. The highest BCUT2D eigenvalue weighted by atomic mass is 32.2. The Balaban J connectivity index is 1.23. The molecule has 2 heterocycles. The lowest BCUT2D eigenvalue weighted by molar-refractivity contribution is -0.138. The Morgan fingerprint density at radius 3 is 2.41 bits per heavy atom. The van der Waals surface area contributed by atoms with Crippen molar-refractivity contribution in [2.75, 3.05) is 44.8 Å². The minimum absolute atomic E-state index is 0.00645. The summed E-state index contributed by atoms with van der Waals surface area (Å²) in [5, 5.41) is 11.6. The maximum Gasteiger partial charge on any atom is 0.411 e. The van der Waals surface area contributed by atoms with Crippen LogP contribution in [0.4, 0.5) is 19.7 Å². The molecule has 2 fully saturated rings. The van der Waals surface area contributed by atoms with Gasteiger partial charge in [0.05, 0.1) is 57.0 Å². The van der Waals surface area contributed by atoms with Gasteiger partial charge in [0.15, 0.2) is 0 Å². The van der Waals surface area contributed by atoms with Crippen molar-refractivity contribution in [3.8, 4) is 0 Å². The summed E-state index contributed by atoms with van der Waals surface area (Å²) in [4.78, 5) is 70.7. The minimum Gasteiger partial charge on any atom is -0.481 e.